The Morgan fingerprint density at radius 1 is 0.718 bits per heavy atom. The molecule has 2 heterocycles. The zero-order valence-corrected chi connectivity index (χ0v) is 45.4. The highest BCUT2D eigenvalue weighted by Crippen LogP contribution is 2.33. The fourth-order valence-electron chi connectivity index (χ4n) is 7.85. The molecule has 0 bridgehead atoms. The Hall–Kier alpha value is -8.22. The van der Waals surface area contributed by atoms with Crippen LogP contribution in [0.4, 0.5) is 0 Å². The quantitative estimate of drug-likeness (QED) is 0.0423. The number of ether oxygens (including phenoxy) is 6. The highest BCUT2D eigenvalue weighted by Gasteiger charge is 2.25. The lowest BCUT2D eigenvalue weighted by atomic mass is 9.94. The van der Waals surface area contributed by atoms with Gasteiger partial charge in [-0.2, -0.15) is 8.42 Å². The molecule has 6 aromatic carbocycles. The molecule has 0 aliphatic carbocycles. The van der Waals surface area contributed by atoms with Crippen molar-refractivity contribution in [2.45, 2.75) is 61.3 Å². The molecule has 8 rings (SSSR count). The number of nitrogens with zero attached hydrogens (tertiary/aromatic N) is 4. The van der Waals surface area contributed by atoms with Crippen LogP contribution in [0.15, 0.2) is 149 Å². The Morgan fingerprint density at radius 2 is 1.37 bits per heavy atom. The number of rotatable bonds is 25. The van der Waals surface area contributed by atoms with E-state index in [-0.39, 0.29) is 42.0 Å². The molecular formula is C55H54N6O14S3. The van der Waals surface area contributed by atoms with Crippen molar-refractivity contribution >= 4 is 59.5 Å². The number of hydrogen-bond donors (Lipinski definition) is 2. The average Bonchev–Trinajstić information content (AvgIpc) is 4.11. The Morgan fingerprint density at radius 3 is 2.04 bits per heavy atom. The van der Waals surface area contributed by atoms with Crippen molar-refractivity contribution in [3.05, 3.63) is 162 Å². The van der Waals surface area contributed by atoms with Gasteiger partial charge in [-0.3, -0.25) is 13.8 Å². The number of benzene rings is 6. The molecule has 0 saturated carbocycles. The zero-order chi connectivity index (χ0) is 55.4. The molecule has 0 saturated heterocycles. The van der Waals surface area contributed by atoms with E-state index in [4.69, 9.17) is 32.6 Å². The smallest absolute Gasteiger partial charge is 0.328 e. The van der Waals surface area contributed by atoms with Gasteiger partial charge in [-0.15, -0.1) is 16.4 Å². The van der Waals surface area contributed by atoms with E-state index < -0.39 is 56.7 Å². The molecule has 8 aromatic rings. The standard InChI is InChI=1S/C55H54N6O14S3/c1-35-6-23-48(24-7-35)78(67,68)74-34-47(75-36(2)62)33-73-45-16-8-37(9-17-45)26-51(54(64)71-5)57-53(63)31-61-30-42(59-60-61)32-72-46-22-25-50-52(28-46)76-55(58-50)77(65,66)56-29-41-11-10-40(38-12-18-43(69-3)19-13-38)27-49(41)39-14-20-44(70-4)21-15-39/h6-25,27-28,30,47,51,56H,26,29,31-34H2,1-5H3,(H,57,63)/t47-,51-/m0/s1. The van der Waals surface area contributed by atoms with E-state index in [1.54, 1.807) is 68.8 Å². The molecule has 0 aliphatic heterocycles. The minimum absolute atomic E-state index is 0.00516. The lowest BCUT2D eigenvalue weighted by Gasteiger charge is -2.18. The topological polar surface area (TPSA) is 252 Å². The number of methoxy groups -OCH3 is 3. The second-order valence-corrected chi connectivity index (χ2v) is 22.1. The van der Waals surface area contributed by atoms with Crippen LogP contribution in [-0.2, 0) is 74.3 Å². The van der Waals surface area contributed by atoms with Gasteiger partial charge < -0.3 is 33.7 Å². The van der Waals surface area contributed by atoms with E-state index in [1.807, 2.05) is 73.7 Å². The molecule has 78 heavy (non-hydrogen) atoms. The summed E-state index contributed by atoms with van der Waals surface area (Å²) in [5.74, 6) is 0.295. The number of aryl methyl sites for hydroxylation is 1. The second-order valence-electron chi connectivity index (χ2n) is 17.5. The van der Waals surface area contributed by atoms with E-state index in [9.17, 15) is 31.2 Å². The largest absolute Gasteiger partial charge is 0.497 e. The number of hydrogen-bond acceptors (Lipinski definition) is 18. The molecule has 2 aromatic heterocycles. The highest BCUT2D eigenvalue weighted by atomic mass is 32.2. The lowest BCUT2D eigenvalue weighted by Crippen LogP contribution is -2.44. The summed E-state index contributed by atoms with van der Waals surface area (Å²) in [4.78, 5) is 42.1. The number of carbonyl (C=O) groups excluding carboxylic acids is 3. The van der Waals surface area contributed by atoms with Crippen molar-refractivity contribution in [3.8, 4) is 45.3 Å². The summed E-state index contributed by atoms with van der Waals surface area (Å²) in [6.07, 6.45) is 0.511. The van der Waals surface area contributed by atoms with Crippen LogP contribution in [0.1, 0.15) is 29.3 Å². The Labute approximate surface area is 454 Å². The predicted octanol–water partition coefficient (Wildman–Crippen LogP) is 7.22. The van der Waals surface area contributed by atoms with Crippen molar-refractivity contribution in [1.29, 1.82) is 0 Å². The monoisotopic (exact) mass is 1120 g/mol. The molecule has 20 nitrogen and oxygen atoms in total. The third-order valence-electron chi connectivity index (χ3n) is 11.9. The fraction of sp³-hybridized carbons (Fsp3) is 0.236. The lowest BCUT2D eigenvalue weighted by molar-refractivity contribution is -0.149. The first-order valence-electron chi connectivity index (χ1n) is 24.0. The first-order chi connectivity index (χ1) is 37.5. The van der Waals surface area contributed by atoms with E-state index in [0.717, 1.165) is 50.5 Å². The molecule has 23 heteroatoms. The SMILES string of the molecule is COC(=O)[C@H](Cc1ccc(OC[C@@H](COS(=O)(=O)c2ccc(C)cc2)OC(C)=O)cc1)NC(=O)Cn1cc(COc2ccc3nc(S(=O)(=O)NCc4ccc(-c5ccc(OC)cc5)cc4-c4ccc(OC)cc4)sc3c2)nn1. The number of aromatic nitrogens is 4. The molecule has 0 fully saturated rings. The van der Waals surface area contributed by atoms with Gasteiger partial charge in [0.05, 0.1) is 42.6 Å². The van der Waals surface area contributed by atoms with Crippen LogP contribution in [0.2, 0.25) is 0 Å². The molecule has 0 radical (unpaired) electrons. The minimum Gasteiger partial charge on any atom is -0.497 e. The summed E-state index contributed by atoms with van der Waals surface area (Å²) in [6, 6.07) is 37.7. The van der Waals surface area contributed by atoms with E-state index in [2.05, 4.69) is 25.3 Å². The predicted molar refractivity (Wildman–Crippen MR) is 288 cm³/mol. The van der Waals surface area contributed by atoms with Crippen molar-refractivity contribution < 1.29 is 63.8 Å². The summed E-state index contributed by atoms with van der Waals surface area (Å²) >= 11 is 0.995. The molecule has 0 spiro atoms. The number of sulfonamides is 1. The first kappa shape index (κ1) is 56.0. The molecular weight excluding hydrogens is 1060 g/mol. The Kier molecular flexibility index (Phi) is 18.2. The van der Waals surface area contributed by atoms with Crippen molar-refractivity contribution in [2.75, 3.05) is 34.5 Å². The van der Waals surface area contributed by atoms with Gasteiger partial charge in [0.25, 0.3) is 20.1 Å². The molecule has 0 aliphatic rings. The number of nitrogens with one attached hydrogen (secondary N) is 2. The van der Waals surface area contributed by atoms with Gasteiger partial charge in [0.15, 0.2) is 6.10 Å². The number of carbonyl (C=O) groups is 3. The normalized spacial score (nSPS) is 12.3. The maximum Gasteiger partial charge on any atom is 0.328 e. The van der Waals surface area contributed by atoms with Crippen LogP contribution in [0, 0.1) is 6.92 Å². The van der Waals surface area contributed by atoms with Gasteiger partial charge in [0.1, 0.15) is 61.1 Å². The molecule has 1 amide bonds. The highest BCUT2D eigenvalue weighted by molar-refractivity contribution is 7.91. The van der Waals surface area contributed by atoms with Gasteiger partial charge in [0.2, 0.25) is 10.2 Å². The van der Waals surface area contributed by atoms with Gasteiger partial charge in [-0.1, -0.05) is 71.4 Å². The second kappa shape index (κ2) is 25.3. The van der Waals surface area contributed by atoms with Crippen LogP contribution >= 0.6 is 11.3 Å². The first-order valence-corrected chi connectivity index (χ1v) is 27.7. The van der Waals surface area contributed by atoms with Gasteiger partial charge in [-0.05, 0) is 113 Å². The van der Waals surface area contributed by atoms with Crippen LogP contribution in [-0.4, -0.2) is 101 Å². The van der Waals surface area contributed by atoms with Crippen molar-refractivity contribution in [3.63, 3.8) is 0 Å². The number of amides is 1. The fourth-order valence-corrected chi connectivity index (χ4v) is 11.1. The van der Waals surface area contributed by atoms with Crippen LogP contribution < -0.4 is 29.0 Å². The average molecular weight is 1120 g/mol. The molecule has 0 unspecified atom stereocenters. The summed E-state index contributed by atoms with van der Waals surface area (Å²) < 4.78 is 95.1. The van der Waals surface area contributed by atoms with E-state index >= 15 is 0 Å². The molecule has 2 atom stereocenters. The molecule has 2 N–H and O–H groups in total. The number of fused-ring (bicyclic) bond motifs is 1. The zero-order valence-electron chi connectivity index (χ0n) is 42.9. The van der Waals surface area contributed by atoms with Crippen LogP contribution in [0.25, 0.3) is 32.5 Å². The van der Waals surface area contributed by atoms with Crippen molar-refractivity contribution in [1.82, 2.24) is 30.0 Å². The molecule has 406 valence electrons. The van der Waals surface area contributed by atoms with Gasteiger partial charge >= 0.3 is 11.9 Å². The number of thiazole rings is 1. The van der Waals surface area contributed by atoms with Crippen LogP contribution in [0.5, 0.6) is 23.0 Å². The maximum absolute atomic E-state index is 13.7. The number of esters is 2. The Bertz CT molecular complexity index is 3610. The third kappa shape index (κ3) is 14.8. The summed E-state index contributed by atoms with van der Waals surface area (Å²) in [5, 5.41) is 10.8. The van der Waals surface area contributed by atoms with E-state index in [1.165, 1.54) is 37.0 Å². The van der Waals surface area contributed by atoms with E-state index in [0.29, 0.717) is 38.7 Å². The Balaban J connectivity index is 0.831. The van der Waals surface area contributed by atoms with Gasteiger partial charge in [0, 0.05) is 19.9 Å². The summed E-state index contributed by atoms with van der Waals surface area (Å²) in [7, 11) is -3.77. The minimum atomic E-state index is -4.13. The van der Waals surface area contributed by atoms with Crippen LogP contribution in [0.3, 0.4) is 0 Å². The summed E-state index contributed by atoms with van der Waals surface area (Å²) in [5.41, 5.74) is 6.74. The van der Waals surface area contributed by atoms with Gasteiger partial charge in [-0.25, -0.2) is 27.6 Å². The summed E-state index contributed by atoms with van der Waals surface area (Å²) in [6.45, 7) is 1.96. The van der Waals surface area contributed by atoms with Crippen molar-refractivity contribution in [2.24, 2.45) is 0 Å². The third-order valence-corrected chi connectivity index (χ3v) is 16.0. The maximum atomic E-state index is 13.7.